The molecule has 0 aliphatic rings. The van der Waals surface area contributed by atoms with Crippen LogP contribution in [0.3, 0.4) is 0 Å². The molecule has 0 spiro atoms. The predicted molar refractivity (Wildman–Crippen MR) is 66.2 cm³/mol. The number of aromatic amines is 1. The van der Waals surface area contributed by atoms with E-state index in [1.807, 2.05) is 0 Å². The first-order valence-corrected chi connectivity index (χ1v) is 6.89. The van der Waals surface area contributed by atoms with Crippen LogP contribution < -0.4 is 0 Å². The zero-order valence-corrected chi connectivity index (χ0v) is 11.2. The highest BCUT2D eigenvalue weighted by atomic mass is 32.2. The number of H-pyrrole nitrogens is 1. The van der Waals surface area contributed by atoms with Gasteiger partial charge in [-0.2, -0.15) is 14.7 Å². The summed E-state index contributed by atoms with van der Waals surface area (Å²) in [4.78, 5) is 3.58. The Morgan fingerprint density at radius 3 is 2.85 bits per heavy atom. The molecule has 0 bridgehead atoms. The van der Waals surface area contributed by atoms with Crippen LogP contribution in [0.2, 0.25) is 0 Å². The molecule has 1 aromatic carbocycles. The molecule has 2 aromatic rings. The van der Waals surface area contributed by atoms with Crippen molar-refractivity contribution in [2.45, 2.75) is 11.4 Å². The molecule has 0 saturated carbocycles. The van der Waals surface area contributed by atoms with Crippen LogP contribution in [0.15, 0.2) is 29.4 Å². The van der Waals surface area contributed by atoms with E-state index in [4.69, 9.17) is 5.26 Å². The minimum atomic E-state index is -3.92. The summed E-state index contributed by atoms with van der Waals surface area (Å²) < 4.78 is 38.7. The summed E-state index contributed by atoms with van der Waals surface area (Å²) in [6, 6.07) is 4.62. The van der Waals surface area contributed by atoms with Crippen molar-refractivity contribution in [3.8, 4) is 6.07 Å². The predicted octanol–water partition coefficient (Wildman–Crippen LogP) is 0.636. The Labute approximate surface area is 114 Å². The second kappa shape index (κ2) is 5.36. The van der Waals surface area contributed by atoms with Crippen LogP contribution in [0.1, 0.15) is 11.4 Å². The third-order valence-corrected chi connectivity index (χ3v) is 4.45. The molecule has 9 heteroatoms. The molecule has 7 nitrogen and oxygen atoms in total. The summed E-state index contributed by atoms with van der Waals surface area (Å²) in [6.45, 7) is -0.0371. The summed E-state index contributed by atoms with van der Waals surface area (Å²) in [5.41, 5.74) is -0.241. The zero-order valence-electron chi connectivity index (χ0n) is 10.4. The maximum absolute atomic E-state index is 13.0. The summed E-state index contributed by atoms with van der Waals surface area (Å²) in [6.07, 6.45) is 1.26. The number of aromatic nitrogens is 3. The minimum absolute atomic E-state index is 0.0371. The van der Waals surface area contributed by atoms with E-state index in [2.05, 4.69) is 15.2 Å². The van der Waals surface area contributed by atoms with Gasteiger partial charge in [0, 0.05) is 7.05 Å². The molecule has 0 aliphatic heterocycles. The monoisotopic (exact) mass is 295 g/mol. The van der Waals surface area contributed by atoms with Gasteiger partial charge in [-0.05, 0) is 18.2 Å². The number of hydrogen-bond donors (Lipinski definition) is 1. The number of nitriles is 1. The van der Waals surface area contributed by atoms with Crippen molar-refractivity contribution in [2.24, 2.45) is 0 Å². The normalized spacial score (nSPS) is 11.5. The van der Waals surface area contributed by atoms with Gasteiger partial charge in [-0.25, -0.2) is 17.8 Å². The van der Waals surface area contributed by atoms with Gasteiger partial charge >= 0.3 is 0 Å². The molecule has 1 heterocycles. The van der Waals surface area contributed by atoms with Crippen molar-refractivity contribution in [1.82, 2.24) is 19.5 Å². The molecule has 0 amide bonds. The number of hydrogen-bond acceptors (Lipinski definition) is 5. The summed E-state index contributed by atoms with van der Waals surface area (Å²) >= 11 is 0. The fraction of sp³-hybridized carbons (Fsp3) is 0.182. The summed E-state index contributed by atoms with van der Waals surface area (Å²) in [7, 11) is -2.58. The largest absolute Gasteiger partial charge is 0.262 e. The highest BCUT2D eigenvalue weighted by molar-refractivity contribution is 7.89. The van der Waals surface area contributed by atoms with Gasteiger partial charge in [0.15, 0.2) is 0 Å². The van der Waals surface area contributed by atoms with E-state index in [-0.39, 0.29) is 17.0 Å². The molecule has 104 valence electrons. The number of benzene rings is 1. The number of sulfonamides is 1. The first kappa shape index (κ1) is 14.1. The second-order valence-electron chi connectivity index (χ2n) is 3.95. The van der Waals surface area contributed by atoms with Crippen LogP contribution >= 0.6 is 0 Å². The van der Waals surface area contributed by atoms with Crippen molar-refractivity contribution in [2.75, 3.05) is 7.05 Å². The van der Waals surface area contributed by atoms with Crippen molar-refractivity contribution >= 4 is 10.0 Å². The highest BCUT2D eigenvalue weighted by Crippen LogP contribution is 2.20. The first-order valence-electron chi connectivity index (χ1n) is 5.45. The molecule has 0 saturated heterocycles. The van der Waals surface area contributed by atoms with Gasteiger partial charge in [-0.3, -0.25) is 5.10 Å². The second-order valence-corrected chi connectivity index (χ2v) is 5.96. The Kier molecular flexibility index (Phi) is 3.78. The third kappa shape index (κ3) is 2.66. The standard InChI is InChI=1S/C11H10FN5O2S/c1-17(6-11-14-7-15-16-11)20(18,19)10-3-2-9(12)4-8(10)5-13/h2-4,7H,6H2,1H3,(H,14,15,16). The maximum atomic E-state index is 13.0. The lowest BCUT2D eigenvalue weighted by Gasteiger charge is -2.16. The molecule has 2 rings (SSSR count). The molecule has 20 heavy (non-hydrogen) atoms. The fourth-order valence-corrected chi connectivity index (χ4v) is 2.84. The lowest BCUT2D eigenvalue weighted by Crippen LogP contribution is -2.27. The van der Waals surface area contributed by atoms with E-state index >= 15 is 0 Å². The average Bonchev–Trinajstić information content (AvgIpc) is 2.91. The first-order chi connectivity index (χ1) is 9.45. The van der Waals surface area contributed by atoms with Crippen molar-refractivity contribution in [3.63, 3.8) is 0 Å². The van der Waals surface area contributed by atoms with Gasteiger partial charge in [0.05, 0.1) is 12.1 Å². The van der Waals surface area contributed by atoms with E-state index in [1.54, 1.807) is 6.07 Å². The van der Waals surface area contributed by atoms with Gasteiger partial charge in [0.25, 0.3) is 0 Å². The quantitative estimate of drug-likeness (QED) is 0.891. The van der Waals surface area contributed by atoms with E-state index in [1.165, 1.54) is 13.4 Å². The van der Waals surface area contributed by atoms with E-state index in [0.29, 0.717) is 5.82 Å². The molecule has 1 aromatic heterocycles. The lowest BCUT2D eigenvalue weighted by molar-refractivity contribution is 0.457. The molecule has 0 atom stereocenters. The Morgan fingerprint density at radius 1 is 1.50 bits per heavy atom. The molecule has 0 aliphatic carbocycles. The van der Waals surface area contributed by atoms with Crippen molar-refractivity contribution < 1.29 is 12.8 Å². The topological polar surface area (TPSA) is 103 Å². The summed E-state index contributed by atoms with van der Waals surface area (Å²) in [5, 5.41) is 15.1. The van der Waals surface area contributed by atoms with Crippen LogP contribution in [0.4, 0.5) is 4.39 Å². The average molecular weight is 295 g/mol. The fourth-order valence-electron chi connectivity index (χ4n) is 1.59. The van der Waals surface area contributed by atoms with Gasteiger partial charge in [-0.15, -0.1) is 0 Å². The molecular weight excluding hydrogens is 285 g/mol. The van der Waals surface area contributed by atoms with Crippen molar-refractivity contribution in [3.05, 3.63) is 41.7 Å². The molecular formula is C11H10FN5O2S. The van der Waals surface area contributed by atoms with Gasteiger partial charge in [0.2, 0.25) is 10.0 Å². The maximum Gasteiger partial charge on any atom is 0.244 e. The van der Waals surface area contributed by atoms with Gasteiger partial charge < -0.3 is 0 Å². The number of nitrogens with one attached hydrogen (secondary N) is 1. The summed E-state index contributed by atoms with van der Waals surface area (Å²) in [5.74, 6) is -0.310. The molecule has 1 N–H and O–H groups in total. The van der Waals surface area contributed by atoms with Gasteiger partial charge in [-0.1, -0.05) is 0 Å². The Hall–Kier alpha value is -2.31. The smallest absolute Gasteiger partial charge is 0.244 e. The van der Waals surface area contributed by atoms with Crippen LogP contribution in [0.5, 0.6) is 0 Å². The van der Waals surface area contributed by atoms with Crippen LogP contribution in [0, 0.1) is 17.1 Å². The van der Waals surface area contributed by atoms with E-state index < -0.39 is 15.8 Å². The zero-order chi connectivity index (χ0) is 14.8. The van der Waals surface area contributed by atoms with Crippen LogP contribution in [-0.2, 0) is 16.6 Å². The number of halogens is 1. The van der Waals surface area contributed by atoms with Crippen LogP contribution in [-0.4, -0.2) is 35.0 Å². The van der Waals surface area contributed by atoms with Gasteiger partial charge in [0.1, 0.15) is 28.9 Å². The number of rotatable bonds is 4. The number of nitrogens with zero attached hydrogens (tertiary/aromatic N) is 4. The van der Waals surface area contributed by atoms with Crippen LogP contribution in [0.25, 0.3) is 0 Å². The molecule has 0 radical (unpaired) electrons. The van der Waals surface area contributed by atoms with Crippen molar-refractivity contribution in [1.29, 1.82) is 5.26 Å². The Morgan fingerprint density at radius 2 is 2.25 bits per heavy atom. The Balaban J connectivity index is 2.38. The van der Waals surface area contributed by atoms with E-state index in [9.17, 15) is 12.8 Å². The molecule has 0 fully saturated rings. The lowest BCUT2D eigenvalue weighted by atomic mass is 10.2. The highest BCUT2D eigenvalue weighted by Gasteiger charge is 2.25. The molecule has 0 unspecified atom stereocenters. The Bertz CT molecular complexity index is 752. The third-order valence-electron chi connectivity index (χ3n) is 2.59. The van der Waals surface area contributed by atoms with E-state index in [0.717, 1.165) is 22.5 Å². The SMILES string of the molecule is CN(Cc1ncn[nH]1)S(=O)(=O)c1ccc(F)cc1C#N. The minimum Gasteiger partial charge on any atom is -0.262 e.